The van der Waals surface area contributed by atoms with Crippen LogP contribution in [-0.4, -0.2) is 30.1 Å². The van der Waals surface area contributed by atoms with E-state index >= 15 is 0 Å². The first-order valence-electron chi connectivity index (χ1n) is 7.09. The van der Waals surface area contributed by atoms with Crippen LogP contribution in [-0.2, 0) is 9.53 Å². The van der Waals surface area contributed by atoms with Crippen LogP contribution in [0.5, 0.6) is 0 Å². The average Bonchev–Trinajstić information content (AvgIpc) is 3.04. The number of ether oxygens (including phenoxy) is 1. The Morgan fingerprint density at radius 3 is 2.90 bits per heavy atom. The summed E-state index contributed by atoms with van der Waals surface area (Å²) in [5.41, 5.74) is 8.00. The van der Waals surface area contributed by atoms with Gasteiger partial charge in [-0.05, 0) is 18.2 Å². The minimum Gasteiger partial charge on any atom is -0.440 e. The van der Waals surface area contributed by atoms with Gasteiger partial charge in [-0.25, -0.2) is 4.98 Å². The van der Waals surface area contributed by atoms with Crippen molar-refractivity contribution in [3.05, 3.63) is 24.1 Å². The molecule has 2 heterocycles. The molecule has 1 aliphatic heterocycles. The van der Waals surface area contributed by atoms with E-state index in [-0.39, 0.29) is 23.8 Å². The summed E-state index contributed by atoms with van der Waals surface area (Å²) in [5.74, 6) is 0.500. The molecule has 0 aliphatic carbocycles. The van der Waals surface area contributed by atoms with E-state index in [0.717, 1.165) is 11.1 Å². The van der Waals surface area contributed by atoms with Crippen LogP contribution in [0.3, 0.4) is 0 Å². The second-order valence-electron chi connectivity index (χ2n) is 5.69. The highest BCUT2D eigenvalue weighted by Gasteiger charge is 2.31. The zero-order valence-corrected chi connectivity index (χ0v) is 12.1. The number of carbonyl (C=O) groups is 1. The van der Waals surface area contributed by atoms with Crippen molar-refractivity contribution in [3.63, 3.8) is 0 Å². The van der Waals surface area contributed by atoms with Crippen molar-refractivity contribution in [2.45, 2.75) is 25.8 Å². The Bertz CT molecular complexity index is 665. The predicted molar refractivity (Wildman–Crippen MR) is 79.0 cm³/mol. The fourth-order valence-electron chi connectivity index (χ4n) is 2.35. The van der Waals surface area contributed by atoms with Crippen LogP contribution in [0.15, 0.2) is 22.6 Å². The van der Waals surface area contributed by atoms with E-state index < -0.39 is 0 Å². The third kappa shape index (κ3) is 2.77. The smallest absolute Gasteiger partial charge is 0.231 e. The zero-order chi connectivity index (χ0) is 15.0. The molecular formula is C15H19N3O3. The Hall–Kier alpha value is -1.92. The number of anilines is 1. The molecule has 6 nitrogen and oxygen atoms in total. The van der Waals surface area contributed by atoms with Gasteiger partial charge in [0.05, 0.1) is 19.1 Å². The number of aromatic nitrogens is 1. The molecular weight excluding hydrogens is 270 g/mol. The lowest BCUT2D eigenvalue weighted by molar-refractivity contribution is -0.120. The number of hydrogen-bond donors (Lipinski definition) is 2. The first-order chi connectivity index (χ1) is 10.0. The minimum atomic E-state index is -0.302. The quantitative estimate of drug-likeness (QED) is 0.900. The van der Waals surface area contributed by atoms with E-state index in [0.29, 0.717) is 24.8 Å². The van der Waals surface area contributed by atoms with Crippen LogP contribution in [0.25, 0.3) is 11.1 Å². The SMILES string of the molecule is CC(C)c1nc2cc(NC(=O)C3COCC3N)ccc2o1. The van der Waals surface area contributed by atoms with Gasteiger partial charge in [-0.2, -0.15) is 0 Å². The van der Waals surface area contributed by atoms with Gasteiger partial charge in [0.1, 0.15) is 5.52 Å². The highest BCUT2D eigenvalue weighted by atomic mass is 16.5. The second kappa shape index (κ2) is 5.46. The Morgan fingerprint density at radius 1 is 1.43 bits per heavy atom. The Labute approximate surface area is 122 Å². The van der Waals surface area contributed by atoms with E-state index in [1.165, 1.54) is 0 Å². The molecule has 3 rings (SSSR count). The van der Waals surface area contributed by atoms with E-state index in [4.69, 9.17) is 14.9 Å². The molecule has 0 radical (unpaired) electrons. The molecule has 0 spiro atoms. The molecule has 1 aromatic heterocycles. The molecule has 0 saturated carbocycles. The molecule has 2 aromatic rings. The van der Waals surface area contributed by atoms with E-state index in [2.05, 4.69) is 10.3 Å². The minimum absolute atomic E-state index is 0.119. The first kappa shape index (κ1) is 14.0. The Kier molecular flexibility index (Phi) is 3.65. The number of benzene rings is 1. The Balaban J connectivity index is 1.79. The molecule has 1 amide bonds. The number of nitrogens with two attached hydrogens (primary N) is 1. The van der Waals surface area contributed by atoms with Crippen LogP contribution >= 0.6 is 0 Å². The summed E-state index contributed by atoms with van der Waals surface area (Å²) in [6, 6.07) is 5.18. The van der Waals surface area contributed by atoms with Crippen LogP contribution in [0.1, 0.15) is 25.7 Å². The van der Waals surface area contributed by atoms with Crippen molar-refractivity contribution in [2.75, 3.05) is 18.5 Å². The summed E-state index contributed by atoms with van der Waals surface area (Å²) in [6.45, 7) is 4.85. The van der Waals surface area contributed by atoms with Crippen molar-refractivity contribution < 1.29 is 13.9 Å². The highest BCUT2D eigenvalue weighted by molar-refractivity contribution is 5.95. The van der Waals surface area contributed by atoms with Gasteiger partial charge in [-0.3, -0.25) is 4.79 Å². The van der Waals surface area contributed by atoms with Crippen molar-refractivity contribution >= 4 is 22.7 Å². The maximum atomic E-state index is 12.2. The van der Waals surface area contributed by atoms with E-state index in [9.17, 15) is 4.79 Å². The van der Waals surface area contributed by atoms with Gasteiger partial charge < -0.3 is 20.2 Å². The number of nitrogens with zero attached hydrogens (tertiary/aromatic N) is 1. The third-order valence-electron chi connectivity index (χ3n) is 3.63. The largest absolute Gasteiger partial charge is 0.440 e. The molecule has 1 saturated heterocycles. The summed E-state index contributed by atoms with van der Waals surface area (Å²) in [7, 11) is 0. The molecule has 0 bridgehead atoms. The van der Waals surface area contributed by atoms with Crippen molar-refractivity contribution in [3.8, 4) is 0 Å². The van der Waals surface area contributed by atoms with Crippen molar-refractivity contribution in [2.24, 2.45) is 11.7 Å². The number of fused-ring (bicyclic) bond motifs is 1. The summed E-state index contributed by atoms with van der Waals surface area (Å²) < 4.78 is 10.9. The molecule has 21 heavy (non-hydrogen) atoms. The second-order valence-corrected chi connectivity index (χ2v) is 5.69. The van der Waals surface area contributed by atoms with Gasteiger partial charge >= 0.3 is 0 Å². The normalized spacial score (nSPS) is 22.1. The lowest BCUT2D eigenvalue weighted by Crippen LogP contribution is -2.37. The van der Waals surface area contributed by atoms with Gasteiger partial charge in [0.25, 0.3) is 0 Å². The number of carbonyl (C=O) groups excluding carboxylic acids is 1. The van der Waals surface area contributed by atoms with E-state index in [1.807, 2.05) is 26.0 Å². The van der Waals surface area contributed by atoms with Gasteiger partial charge in [0.2, 0.25) is 5.91 Å². The first-order valence-corrected chi connectivity index (χ1v) is 7.09. The standard InChI is InChI=1S/C15H19N3O3/c1-8(2)15-18-12-5-9(3-4-13(12)21-15)17-14(19)10-6-20-7-11(10)16/h3-5,8,10-11H,6-7,16H2,1-2H3,(H,17,19). The molecule has 3 N–H and O–H groups in total. The number of rotatable bonds is 3. The van der Waals surface area contributed by atoms with E-state index in [1.54, 1.807) is 6.07 Å². The molecule has 1 aliphatic rings. The lowest BCUT2D eigenvalue weighted by Gasteiger charge is -2.13. The molecule has 2 unspecified atom stereocenters. The summed E-state index contributed by atoms with van der Waals surface area (Å²) >= 11 is 0. The van der Waals surface area contributed by atoms with Gasteiger partial charge in [0, 0.05) is 17.6 Å². The molecule has 1 aromatic carbocycles. The fourth-order valence-corrected chi connectivity index (χ4v) is 2.35. The fraction of sp³-hybridized carbons (Fsp3) is 0.467. The average molecular weight is 289 g/mol. The summed E-state index contributed by atoms with van der Waals surface area (Å²) in [6.07, 6.45) is 0. The molecule has 112 valence electrons. The number of amides is 1. The topological polar surface area (TPSA) is 90.4 Å². The van der Waals surface area contributed by atoms with Gasteiger partial charge in [-0.15, -0.1) is 0 Å². The van der Waals surface area contributed by atoms with Crippen molar-refractivity contribution in [1.29, 1.82) is 0 Å². The lowest BCUT2D eigenvalue weighted by atomic mass is 10.0. The van der Waals surface area contributed by atoms with Crippen LogP contribution < -0.4 is 11.1 Å². The highest BCUT2D eigenvalue weighted by Crippen LogP contribution is 2.24. The molecule has 2 atom stereocenters. The molecule has 6 heteroatoms. The van der Waals surface area contributed by atoms with Crippen LogP contribution in [0.2, 0.25) is 0 Å². The maximum absolute atomic E-state index is 12.2. The third-order valence-corrected chi connectivity index (χ3v) is 3.63. The summed E-state index contributed by atoms with van der Waals surface area (Å²) in [4.78, 5) is 16.6. The van der Waals surface area contributed by atoms with Crippen LogP contribution in [0, 0.1) is 5.92 Å². The predicted octanol–water partition coefficient (Wildman–Crippen LogP) is 1.86. The molecule has 1 fully saturated rings. The number of hydrogen-bond acceptors (Lipinski definition) is 5. The Morgan fingerprint density at radius 2 is 2.24 bits per heavy atom. The summed E-state index contributed by atoms with van der Waals surface area (Å²) in [5, 5.41) is 2.86. The number of nitrogens with one attached hydrogen (secondary N) is 1. The van der Waals surface area contributed by atoms with Crippen molar-refractivity contribution in [1.82, 2.24) is 4.98 Å². The maximum Gasteiger partial charge on any atom is 0.231 e. The van der Waals surface area contributed by atoms with Crippen LogP contribution in [0.4, 0.5) is 5.69 Å². The van der Waals surface area contributed by atoms with Gasteiger partial charge in [0.15, 0.2) is 11.5 Å². The zero-order valence-electron chi connectivity index (χ0n) is 12.1. The van der Waals surface area contributed by atoms with Gasteiger partial charge in [-0.1, -0.05) is 13.8 Å². The monoisotopic (exact) mass is 289 g/mol. The number of oxazole rings is 1.